The van der Waals surface area contributed by atoms with E-state index >= 15 is 0 Å². The number of hydrogen-bond donors (Lipinski definition) is 2. The molecule has 0 aromatic carbocycles. The molecule has 0 saturated heterocycles. The van der Waals surface area contributed by atoms with Gasteiger partial charge in [0.1, 0.15) is 10.7 Å². The molecule has 0 aliphatic rings. The molecule has 3 N–H and O–H groups in total. The molecule has 0 bridgehead atoms. The number of nitrogens with one attached hydrogen (secondary N) is 1. The highest BCUT2D eigenvalue weighted by molar-refractivity contribution is 7.18. The maximum absolute atomic E-state index is 12.7. The van der Waals surface area contributed by atoms with Crippen LogP contribution in [0.25, 0.3) is 0 Å². The summed E-state index contributed by atoms with van der Waals surface area (Å²) in [5.74, 6) is 0.246. The SMILES string of the molecule is CCNc1nc(N)c(C(=O)N(Cc2cccs2)C(C)C)s1. The van der Waals surface area contributed by atoms with Crippen LogP contribution in [0.1, 0.15) is 35.3 Å². The van der Waals surface area contributed by atoms with Crippen molar-refractivity contribution in [3.05, 3.63) is 27.3 Å². The van der Waals surface area contributed by atoms with Gasteiger partial charge in [0.15, 0.2) is 5.13 Å². The quantitative estimate of drug-likeness (QED) is 0.855. The molecule has 0 spiro atoms. The summed E-state index contributed by atoms with van der Waals surface area (Å²) >= 11 is 2.96. The predicted molar refractivity (Wildman–Crippen MR) is 90.0 cm³/mol. The van der Waals surface area contributed by atoms with E-state index in [0.717, 1.165) is 11.4 Å². The van der Waals surface area contributed by atoms with Crippen molar-refractivity contribution in [1.82, 2.24) is 9.88 Å². The average Bonchev–Trinajstić information content (AvgIpc) is 3.05. The number of carbonyl (C=O) groups is 1. The van der Waals surface area contributed by atoms with Crippen molar-refractivity contribution in [2.45, 2.75) is 33.4 Å². The molecular formula is C14H20N4OS2. The largest absolute Gasteiger partial charge is 0.382 e. The number of nitrogens with two attached hydrogens (primary N) is 1. The van der Waals surface area contributed by atoms with Crippen molar-refractivity contribution in [2.75, 3.05) is 17.6 Å². The second kappa shape index (κ2) is 6.91. The van der Waals surface area contributed by atoms with Gasteiger partial charge in [0, 0.05) is 17.5 Å². The first kappa shape index (κ1) is 15.8. The van der Waals surface area contributed by atoms with Gasteiger partial charge in [-0.25, -0.2) is 4.98 Å². The van der Waals surface area contributed by atoms with Gasteiger partial charge >= 0.3 is 0 Å². The Morgan fingerprint density at radius 1 is 1.52 bits per heavy atom. The van der Waals surface area contributed by atoms with Crippen LogP contribution in [0.4, 0.5) is 10.9 Å². The first-order chi connectivity index (χ1) is 10.0. The van der Waals surface area contributed by atoms with Crippen molar-refractivity contribution < 1.29 is 4.79 Å². The van der Waals surface area contributed by atoms with Crippen LogP contribution >= 0.6 is 22.7 Å². The fraction of sp³-hybridized carbons (Fsp3) is 0.429. The summed E-state index contributed by atoms with van der Waals surface area (Å²) in [5.41, 5.74) is 5.90. The van der Waals surface area contributed by atoms with Gasteiger partial charge < -0.3 is 16.0 Å². The molecule has 0 saturated carbocycles. The van der Waals surface area contributed by atoms with Crippen LogP contribution in [0, 0.1) is 0 Å². The standard InChI is InChI=1S/C14H20N4OS2/c1-4-16-14-17-12(15)11(21-14)13(19)18(9(2)3)8-10-6-5-7-20-10/h5-7,9H,4,8,15H2,1-3H3,(H,16,17). The predicted octanol–water partition coefficient (Wildman–Crippen LogP) is 3.27. The molecule has 0 unspecified atom stereocenters. The van der Waals surface area contributed by atoms with Crippen LogP contribution < -0.4 is 11.1 Å². The Bertz CT molecular complexity index is 592. The Morgan fingerprint density at radius 3 is 2.86 bits per heavy atom. The maximum Gasteiger partial charge on any atom is 0.268 e. The lowest BCUT2D eigenvalue weighted by molar-refractivity contribution is 0.0698. The Balaban J connectivity index is 2.22. The first-order valence-electron chi connectivity index (χ1n) is 6.86. The van der Waals surface area contributed by atoms with E-state index in [0.29, 0.717) is 22.4 Å². The summed E-state index contributed by atoms with van der Waals surface area (Å²) in [4.78, 5) is 20.4. The van der Waals surface area contributed by atoms with Gasteiger partial charge in [-0.05, 0) is 32.2 Å². The van der Waals surface area contributed by atoms with E-state index in [1.807, 2.05) is 43.2 Å². The molecule has 0 aliphatic heterocycles. The van der Waals surface area contributed by atoms with E-state index in [-0.39, 0.29) is 11.9 Å². The molecule has 21 heavy (non-hydrogen) atoms. The monoisotopic (exact) mass is 324 g/mol. The number of nitrogen functional groups attached to an aromatic ring is 1. The highest BCUT2D eigenvalue weighted by atomic mass is 32.1. The first-order valence-corrected chi connectivity index (χ1v) is 8.56. The smallest absolute Gasteiger partial charge is 0.268 e. The number of anilines is 2. The Morgan fingerprint density at radius 2 is 2.29 bits per heavy atom. The lowest BCUT2D eigenvalue weighted by Crippen LogP contribution is -2.36. The van der Waals surface area contributed by atoms with Gasteiger partial charge in [0.05, 0.1) is 6.54 Å². The molecule has 1 amide bonds. The van der Waals surface area contributed by atoms with Gasteiger partial charge in [-0.2, -0.15) is 0 Å². The Kier molecular flexibility index (Phi) is 5.19. The molecule has 2 rings (SSSR count). The highest BCUT2D eigenvalue weighted by Crippen LogP contribution is 2.27. The zero-order chi connectivity index (χ0) is 15.4. The van der Waals surface area contributed by atoms with Gasteiger partial charge in [0.25, 0.3) is 5.91 Å². The molecular weight excluding hydrogens is 304 g/mol. The molecule has 0 radical (unpaired) electrons. The molecule has 0 atom stereocenters. The van der Waals surface area contributed by atoms with Gasteiger partial charge in [-0.3, -0.25) is 4.79 Å². The fourth-order valence-corrected chi connectivity index (χ4v) is 3.51. The summed E-state index contributed by atoms with van der Waals surface area (Å²) in [6.07, 6.45) is 0. The van der Waals surface area contributed by atoms with Crippen molar-refractivity contribution in [1.29, 1.82) is 0 Å². The summed E-state index contributed by atoms with van der Waals surface area (Å²) in [7, 11) is 0. The van der Waals surface area contributed by atoms with Gasteiger partial charge in [0.2, 0.25) is 0 Å². The molecule has 0 aliphatic carbocycles. The van der Waals surface area contributed by atoms with Crippen LogP contribution in [0.2, 0.25) is 0 Å². The number of amides is 1. The minimum absolute atomic E-state index is 0.0578. The highest BCUT2D eigenvalue weighted by Gasteiger charge is 2.24. The molecule has 5 nitrogen and oxygen atoms in total. The van der Waals surface area contributed by atoms with E-state index in [1.54, 1.807) is 11.3 Å². The number of nitrogens with zero attached hydrogens (tertiary/aromatic N) is 2. The minimum atomic E-state index is -0.0578. The van der Waals surface area contributed by atoms with Gasteiger partial charge in [-0.15, -0.1) is 11.3 Å². The minimum Gasteiger partial charge on any atom is -0.382 e. The summed E-state index contributed by atoms with van der Waals surface area (Å²) < 4.78 is 0. The lowest BCUT2D eigenvalue weighted by Gasteiger charge is -2.25. The van der Waals surface area contributed by atoms with Crippen LogP contribution in [0.5, 0.6) is 0 Å². The molecule has 2 aromatic rings. The third kappa shape index (κ3) is 3.74. The third-order valence-electron chi connectivity index (χ3n) is 2.97. The third-order valence-corrected chi connectivity index (χ3v) is 4.84. The molecule has 2 aromatic heterocycles. The zero-order valence-electron chi connectivity index (χ0n) is 12.4. The number of rotatable bonds is 6. The molecule has 114 valence electrons. The van der Waals surface area contributed by atoms with Crippen LogP contribution in [-0.2, 0) is 6.54 Å². The Labute approximate surface area is 132 Å². The van der Waals surface area contributed by atoms with E-state index in [2.05, 4.69) is 10.3 Å². The maximum atomic E-state index is 12.7. The van der Waals surface area contributed by atoms with E-state index in [4.69, 9.17) is 5.73 Å². The normalized spacial score (nSPS) is 10.9. The van der Waals surface area contributed by atoms with Crippen LogP contribution in [0.3, 0.4) is 0 Å². The number of aromatic nitrogens is 1. The summed E-state index contributed by atoms with van der Waals surface area (Å²) in [6, 6.07) is 4.13. The van der Waals surface area contributed by atoms with Crippen molar-refractivity contribution in [3.63, 3.8) is 0 Å². The second-order valence-electron chi connectivity index (χ2n) is 4.87. The van der Waals surface area contributed by atoms with E-state index in [1.165, 1.54) is 11.3 Å². The van der Waals surface area contributed by atoms with E-state index < -0.39 is 0 Å². The van der Waals surface area contributed by atoms with E-state index in [9.17, 15) is 4.79 Å². The number of hydrogen-bond acceptors (Lipinski definition) is 6. The van der Waals surface area contributed by atoms with Crippen molar-refractivity contribution in [2.24, 2.45) is 0 Å². The van der Waals surface area contributed by atoms with Gasteiger partial charge in [-0.1, -0.05) is 17.4 Å². The number of carbonyl (C=O) groups excluding carboxylic acids is 1. The van der Waals surface area contributed by atoms with Crippen molar-refractivity contribution >= 4 is 39.5 Å². The summed E-state index contributed by atoms with van der Waals surface area (Å²) in [6.45, 7) is 7.35. The molecule has 2 heterocycles. The Hall–Kier alpha value is -1.60. The number of thiophene rings is 1. The van der Waals surface area contributed by atoms with Crippen LogP contribution in [0.15, 0.2) is 17.5 Å². The molecule has 0 fully saturated rings. The lowest BCUT2D eigenvalue weighted by atomic mass is 10.2. The topological polar surface area (TPSA) is 71.2 Å². The second-order valence-corrected chi connectivity index (χ2v) is 6.90. The zero-order valence-corrected chi connectivity index (χ0v) is 14.1. The molecule has 7 heteroatoms. The fourth-order valence-electron chi connectivity index (χ4n) is 1.90. The summed E-state index contributed by atoms with van der Waals surface area (Å²) in [5, 5.41) is 5.81. The van der Waals surface area contributed by atoms with Crippen LogP contribution in [-0.4, -0.2) is 28.4 Å². The van der Waals surface area contributed by atoms with Crippen molar-refractivity contribution in [3.8, 4) is 0 Å². The number of thiazole rings is 1. The average molecular weight is 324 g/mol.